The van der Waals surface area contributed by atoms with E-state index in [9.17, 15) is 8.78 Å². The van der Waals surface area contributed by atoms with Crippen LogP contribution in [0, 0.1) is 11.6 Å². The van der Waals surface area contributed by atoms with Crippen molar-refractivity contribution in [3.05, 3.63) is 29.8 Å². The first-order valence-corrected chi connectivity index (χ1v) is 4.22. The van der Waals surface area contributed by atoms with Crippen LogP contribution in [-0.4, -0.2) is 26.7 Å². The van der Waals surface area contributed by atoms with Gasteiger partial charge in [-0.1, -0.05) is 0 Å². The monoisotopic (exact) mass is 215 g/mol. The molecule has 0 saturated carbocycles. The Morgan fingerprint density at radius 3 is 2.53 bits per heavy atom. The zero-order valence-electron chi connectivity index (χ0n) is 8.41. The van der Waals surface area contributed by atoms with Gasteiger partial charge in [0.2, 0.25) is 0 Å². The van der Waals surface area contributed by atoms with Gasteiger partial charge in [0.1, 0.15) is 17.3 Å². The van der Waals surface area contributed by atoms with Crippen molar-refractivity contribution in [1.29, 1.82) is 0 Å². The summed E-state index contributed by atoms with van der Waals surface area (Å²) >= 11 is 0. The molecule has 0 N–H and O–H groups in total. The third-order valence-corrected chi connectivity index (χ3v) is 1.71. The molecule has 0 heterocycles. The Labute approximate surface area is 86.3 Å². The van der Waals surface area contributed by atoms with Gasteiger partial charge in [-0.05, 0) is 12.1 Å². The summed E-state index contributed by atoms with van der Waals surface area (Å²) in [5.41, 5.74) is -0.0888. The molecule has 1 aromatic carbocycles. The van der Waals surface area contributed by atoms with Crippen LogP contribution in [0.15, 0.2) is 23.2 Å². The van der Waals surface area contributed by atoms with E-state index in [1.165, 1.54) is 20.4 Å². The summed E-state index contributed by atoms with van der Waals surface area (Å²) in [6, 6.07) is 3.03. The standard InChI is InChI=1S/C10H11F2NO2/c1-14-10(15-2)6-13-9-5-7(11)3-4-8(9)12/h3-6,10H,1-2H3. The Morgan fingerprint density at radius 1 is 1.27 bits per heavy atom. The topological polar surface area (TPSA) is 30.8 Å². The normalized spacial score (nSPS) is 11.5. The van der Waals surface area contributed by atoms with Crippen molar-refractivity contribution >= 4 is 11.9 Å². The number of aliphatic imine (C=N–C) groups is 1. The molecule has 0 saturated heterocycles. The number of methoxy groups -OCH3 is 2. The lowest BCUT2D eigenvalue weighted by molar-refractivity contribution is -0.0484. The highest BCUT2D eigenvalue weighted by molar-refractivity contribution is 5.66. The Balaban J connectivity index is 2.83. The molecule has 0 aliphatic carbocycles. The highest BCUT2D eigenvalue weighted by Crippen LogP contribution is 2.18. The van der Waals surface area contributed by atoms with Gasteiger partial charge in [-0.3, -0.25) is 4.99 Å². The van der Waals surface area contributed by atoms with Gasteiger partial charge in [-0.2, -0.15) is 0 Å². The van der Waals surface area contributed by atoms with E-state index in [-0.39, 0.29) is 5.69 Å². The number of ether oxygens (including phenoxy) is 2. The quantitative estimate of drug-likeness (QED) is 0.570. The van der Waals surface area contributed by atoms with E-state index in [2.05, 4.69) is 4.99 Å². The molecule has 0 bridgehead atoms. The van der Waals surface area contributed by atoms with Crippen LogP contribution in [0.1, 0.15) is 0 Å². The molecule has 0 aromatic heterocycles. The SMILES string of the molecule is COC(C=Nc1cc(F)ccc1F)OC. The minimum absolute atomic E-state index is 0.0888. The van der Waals surface area contributed by atoms with Crippen molar-refractivity contribution in [2.24, 2.45) is 4.99 Å². The molecular weight excluding hydrogens is 204 g/mol. The van der Waals surface area contributed by atoms with Gasteiger partial charge in [0.25, 0.3) is 0 Å². The number of rotatable bonds is 4. The molecule has 5 heteroatoms. The molecule has 1 aromatic rings. The Morgan fingerprint density at radius 2 is 1.93 bits per heavy atom. The van der Waals surface area contributed by atoms with Crippen molar-refractivity contribution < 1.29 is 18.3 Å². The van der Waals surface area contributed by atoms with Gasteiger partial charge in [-0.15, -0.1) is 0 Å². The van der Waals surface area contributed by atoms with Gasteiger partial charge >= 0.3 is 0 Å². The maximum absolute atomic E-state index is 13.1. The van der Waals surface area contributed by atoms with E-state index in [1.807, 2.05) is 0 Å². The van der Waals surface area contributed by atoms with Gasteiger partial charge in [-0.25, -0.2) is 8.78 Å². The molecular formula is C10H11F2NO2. The number of halogens is 2. The molecule has 0 radical (unpaired) electrons. The largest absolute Gasteiger partial charge is 0.351 e. The van der Waals surface area contributed by atoms with Crippen molar-refractivity contribution in [3.63, 3.8) is 0 Å². The molecule has 0 unspecified atom stereocenters. The fourth-order valence-electron chi connectivity index (χ4n) is 0.944. The van der Waals surface area contributed by atoms with Crippen LogP contribution >= 0.6 is 0 Å². The zero-order chi connectivity index (χ0) is 11.3. The summed E-state index contributed by atoms with van der Waals surface area (Å²) in [5, 5.41) is 0. The van der Waals surface area contributed by atoms with Crippen LogP contribution in [0.3, 0.4) is 0 Å². The van der Waals surface area contributed by atoms with Crippen molar-refractivity contribution in [2.45, 2.75) is 6.29 Å². The predicted molar refractivity (Wildman–Crippen MR) is 52.3 cm³/mol. The third kappa shape index (κ3) is 3.38. The lowest BCUT2D eigenvalue weighted by Crippen LogP contribution is -2.13. The molecule has 0 aliphatic rings. The first-order chi connectivity index (χ1) is 7.17. The first kappa shape index (κ1) is 11.7. The van der Waals surface area contributed by atoms with Crippen LogP contribution in [0.4, 0.5) is 14.5 Å². The average molecular weight is 215 g/mol. The second-order valence-electron chi connectivity index (χ2n) is 2.71. The fourth-order valence-corrected chi connectivity index (χ4v) is 0.944. The maximum atomic E-state index is 13.1. The van der Waals surface area contributed by atoms with E-state index in [4.69, 9.17) is 9.47 Å². The molecule has 1 rings (SSSR count). The number of hydrogen-bond acceptors (Lipinski definition) is 3. The Hall–Kier alpha value is -1.33. The number of hydrogen-bond donors (Lipinski definition) is 0. The molecule has 0 amide bonds. The molecule has 0 atom stereocenters. The predicted octanol–water partition coefficient (Wildman–Crippen LogP) is 2.29. The summed E-state index contributed by atoms with van der Waals surface area (Å²) < 4.78 is 35.4. The minimum Gasteiger partial charge on any atom is -0.351 e. The Kier molecular flexibility index (Phi) is 4.33. The first-order valence-electron chi connectivity index (χ1n) is 4.22. The highest BCUT2D eigenvalue weighted by atomic mass is 19.1. The summed E-state index contributed by atoms with van der Waals surface area (Å²) in [5.74, 6) is -1.14. The lowest BCUT2D eigenvalue weighted by atomic mass is 10.3. The molecule has 0 aliphatic heterocycles. The fraction of sp³-hybridized carbons (Fsp3) is 0.300. The van der Waals surface area contributed by atoms with Crippen molar-refractivity contribution in [2.75, 3.05) is 14.2 Å². The number of nitrogens with zero attached hydrogens (tertiary/aromatic N) is 1. The summed E-state index contributed by atoms with van der Waals surface area (Å²) in [4.78, 5) is 3.72. The Bertz CT molecular complexity index is 351. The summed E-state index contributed by atoms with van der Waals surface area (Å²) in [7, 11) is 2.84. The van der Waals surface area contributed by atoms with Gasteiger partial charge < -0.3 is 9.47 Å². The van der Waals surface area contributed by atoms with E-state index >= 15 is 0 Å². The van der Waals surface area contributed by atoms with Crippen molar-refractivity contribution in [1.82, 2.24) is 0 Å². The second kappa shape index (κ2) is 5.53. The maximum Gasteiger partial charge on any atom is 0.193 e. The molecule has 3 nitrogen and oxygen atoms in total. The van der Waals surface area contributed by atoms with Gasteiger partial charge in [0.05, 0.1) is 6.21 Å². The highest BCUT2D eigenvalue weighted by Gasteiger charge is 2.03. The second-order valence-corrected chi connectivity index (χ2v) is 2.71. The van der Waals surface area contributed by atoms with Crippen LogP contribution in [0.5, 0.6) is 0 Å². The van der Waals surface area contributed by atoms with Crippen LogP contribution in [0.25, 0.3) is 0 Å². The van der Waals surface area contributed by atoms with Crippen LogP contribution < -0.4 is 0 Å². The molecule has 82 valence electrons. The molecule has 0 fully saturated rings. The minimum atomic E-state index is -0.673. The summed E-state index contributed by atoms with van der Waals surface area (Å²) in [6.45, 7) is 0. The average Bonchev–Trinajstić information content (AvgIpc) is 2.24. The van der Waals surface area contributed by atoms with Gasteiger partial charge in [0.15, 0.2) is 6.29 Å². The summed E-state index contributed by atoms with van der Waals surface area (Å²) in [6.07, 6.45) is 0.574. The van der Waals surface area contributed by atoms with E-state index in [0.29, 0.717) is 0 Å². The smallest absolute Gasteiger partial charge is 0.193 e. The zero-order valence-corrected chi connectivity index (χ0v) is 8.41. The van der Waals surface area contributed by atoms with E-state index in [1.54, 1.807) is 0 Å². The van der Waals surface area contributed by atoms with Gasteiger partial charge in [0, 0.05) is 20.3 Å². The number of benzene rings is 1. The van der Waals surface area contributed by atoms with Crippen LogP contribution in [-0.2, 0) is 9.47 Å². The van der Waals surface area contributed by atoms with Crippen LogP contribution in [0.2, 0.25) is 0 Å². The van der Waals surface area contributed by atoms with E-state index in [0.717, 1.165) is 18.2 Å². The molecule has 0 spiro atoms. The van der Waals surface area contributed by atoms with Crippen molar-refractivity contribution in [3.8, 4) is 0 Å². The molecule has 15 heavy (non-hydrogen) atoms. The third-order valence-electron chi connectivity index (χ3n) is 1.71. The van der Waals surface area contributed by atoms with E-state index < -0.39 is 17.9 Å². The lowest BCUT2D eigenvalue weighted by Gasteiger charge is -2.06.